The average Bonchev–Trinajstić information content (AvgIpc) is 3.04. The van der Waals surface area contributed by atoms with Gasteiger partial charge in [-0.1, -0.05) is 43.3 Å². The van der Waals surface area contributed by atoms with Gasteiger partial charge in [-0.15, -0.1) is 0 Å². The SMILES string of the molecule is COCc1cccc(CNC(=O)c2cccc3c4c([nH]c23)CCC(C)C4)c1. The number of fused-ring (bicyclic) bond motifs is 3. The Morgan fingerprint density at radius 2 is 2.04 bits per heavy atom. The summed E-state index contributed by atoms with van der Waals surface area (Å²) in [5, 5.41) is 4.27. The molecule has 27 heavy (non-hydrogen) atoms. The highest BCUT2D eigenvalue weighted by Gasteiger charge is 2.22. The van der Waals surface area contributed by atoms with Crippen LogP contribution in [0.15, 0.2) is 42.5 Å². The quantitative estimate of drug-likeness (QED) is 0.708. The van der Waals surface area contributed by atoms with E-state index in [1.165, 1.54) is 23.1 Å². The van der Waals surface area contributed by atoms with Crippen LogP contribution in [-0.4, -0.2) is 18.0 Å². The first-order chi connectivity index (χ1) is 13.2. The molecular formula is C23H26N2O2. The van der Waals surface area contributed by atoms with E-state index in [0.717, 1.165) is 35.0 Å². The number of aromatic amines is 1. The Morgan fingerprint density at radius 3 is 2.89 bits per heavy atom. The molecule has 1 heterocycles. The molecule has 1 atom stereocenters. The normalized spacial score (nSPS) is 16.3. The summed E-state index contributed by atoms with van der Waals surface area (Å²) in [5.41, 5.74) is 6.58. The van der Waals surface area contributed by atoms with Crippen LogP contribution in [0.5, 0.6) is 0 Å². The first kappa shape index (κ1) is 17.8. The van der Waals surface area contributed by atoms with Gasteiger partial charge >= 0.3 is 0 Å². The zero-order chi connectivity index (χ0) is 18.8. The Bertz CT molecular complexity index is 974. The smallest absolute Gasteiger partial charge is 0.253 e. The van der Waals surface area contributed by atoms with Gasteiger partial charge in [0.05, 0.1) is 17.7 Å². The van der Waals surface area contributed by atoms with Gasteiger partial charge in [0.25, 0.3) is 5.91 Å². The van der Waals surface area contributed by atoms with Crippen LogP contribution in [0.3, 0.4) is 0 Å². The lowest BCUT2D eigenvalue weighted by Crippen LogP contribution is -2.23. The fourth-order valence-electron chi connectivity index (χ4n) is 4.08. The molecule has 0 spiro atoms. The molecule has 1 unspecified atom stereocenters. The van der Waals surface area contributed by atoms with Gasteiger partial charge < -0.3 is 15.0 Å². The molecule has 0 saturated heterocycles. The van der Waals surface area contributed by atoms with Crippen molar-refractivity contribution in [2.75, 3.05) is 7.11 Å². The van der Waals surface area contributed by atoms with E-state index in [4.69, 9.17) is 4.74 Å². The van der Waals surface area contributed by atoms with Crippen molar-refractivity contribution in [2.45, 2.75) is 39.3 Å². The zero-order valence-corrected chi connectivity index (χ0v) is 16.0. The van der Waals surface area contributed by atoms with Crippen LogP contribution in [0.4, 0.5) is 0 Å². The number of hydrogen-bond donors (Lipinski definition) is 2. The van der Waals surface area contributed by atoms with Gasteiger partial charge in [-0.25, -0.2) is 0 Å². The fourth-order valence-corrected chi connectivity index (χ4v) is 4.08. The molecule has 0 bridgehead atoms. The van der Waals surface area contributed by atoms with E-state index >= 15 is 0 Å². The number of aryl methyl sites for hydroxylation is 1. The monoisotopic (exact) mass is 362 g/mol. The summed E-state index contributed by atoms with van der Waals surface area (Å²) >= 11 is 0. The second kappa shape index (κ2) is 7.57. The molecule has 1 aliphatic carbocycles. The van der Waals surface area contributed by atoms with Crippen LogP contribution in [0.2, 0.25) is 0 Å². The Kier molecular flexibility index (Phi) is 4.99. The van der Waals surface area contributed by atoms with E-state index in [1.807, 2.05) is 30.3 Å². The van der Waals surface area contributed by atoms with Crippen molar-refractivity contribution < 1.29 is 9.53 Å². The first-order valence-corrected chi connectivity index (χ1v) is 9.63. The van der Waals surface area contributed by atoms with Gasteiger partial charge in [0.15, 0.2) is 0 Å². The molecule has 2 N–H and O–H groups in total. The molecule has 0 saturated carbocycles. The van der Waals surface area contributed by atoms with Gasteiger partial charge in [-0.05, 0) is 47.9 Å². The molecule has 140 valence electrons. The van der Waals surface area contributed by atoms with Crippen molar-refractivity contribution in [3.63, 3.8) is 0 Å². The molecule has 1 amide bonds. The molecule has 2 aromatic carbocycles. The molecule has 1 aromatic heterocycles. The third-order valence-corrected chi connectivity index (χ3v) is 5.47. The Balaban J connectivity index is 1.55. The Labute approximate surface area is 159 Å². The second-order valence-electron chi connectivity index (χ2n) is 7.59. The number of ether oxygens (including phenoxy) is 1. The summed E-state index contributed by atoms with van der Waals surface area (Å²) < 4.78 is 5.18. The molecule has 0 aliphatic heterocycles. The maximum atomic E-state index is 12.9. The van der Waals surface area contributed by atoms with Crippen molar-refractivity contribution in [3.05, 3.63) is 70.4 Å². The van der Waals surface area contributed by atoms with E-state index in [0.29, 0.717) is 19.1 Å². The summed E-state index contributed by atoms with van der Waals surface area (Å²) in [4.78, 5) is 16.4. The molecular weight excluding hydrogens is 336 g/mol. The van der Waals surface area contributed by atoms with Crippen molar-refractivity contribution in [2.24, 2.45) is 5.92 Å². The van der Waals surface area contributed by atoms with Gasteiger partial charge in [0.2, 0.25) is 0 Å². The molecule has 0 fully saturated rings. The minimum Gasteiger partial charge on any atom is -0.380 e. The maximum absolute atomic E-state index is 12.9. The lowest BCUT2D eigenvalue weighted by molar-refractivity contribution is 0.0952. The van der Waals surface area contributed by atoms with Crippen molar-refractivity contribution in [1.82, 2.24) is 10.3 Å². The van der Waals surface area contributed by atoms with E-state index < -0.39 is 0 Å². The number of methoxy groups -OCH3 is 1. The summed E-state index contributed by atoms with van der Waals surface area (Å²) in [5.74, 6) is 0.665. The van der Waals surface area contributed by atoms with Crippen molar-refractivity contribution >= 4 is 16.8 Å². The minimum atomic E-state index is -0.0376. The van der Waals surface area contributed by atoms with Crippen molar-refractivity contribution in [1.29, 1.82) is 0 Å². The summed E-state index contributed by atoms with van der Waals surface area (Å²) in [7, 11) is 1.69. The van der Waals surface area contributed by atoms with Crippen molar-refractivity contribution in [3.8, 4) is 0 Å². The van der Waals surface area contributed by atoms with Crippen LogP contribution < -0.4 is 5.32 Å². The molecule has 4 rings (SSSR count). The highest BCUT2D eigenvalue weighted by molar-refractivity contribution is 6.06. The zero-order valence-electron chi connectivity index (χ0n) is 16.0. The number of nitrogens with one attached hydrogen (secondary N) is 2. The predicted octanol–water partition coefficient (Wildman–Crippen LogP) is 4.37. The summed E-state index contributed by atoms with van der Waals surface area (Å²) in [6.07, 6.45) is 3.37. The number of rotatable bonds is 5. The van der Waals surface area contributed by atoms with Gasteiger partial charge in [0, 0.05) is 24.7 Å². The van der Waals surface area contributed by atoms with E-state index in [-0.39, 0.29) is 5.91 Å². The van der Waals surface area contributed by atoms with Crippen LogP contribution in [-0.2, 0) is 30.7 Å². The fraction of sp³-hybridized carbons (Fsp3) is 0.348. The lowest BCUT2D eigenvalue weighted by Gasteiger charge is -2.17. The molecule has 3 aromatic rings. The Hall–Kier alpha value is -2.59. The van der Waals surface area contributed by atoms with Gasteiger partial charge in [-0.2, -0.15) is 0 Å². The molecule has 4 nitrogen and oxygen atoms in total. The average molecular weight is 362 g/mol. The van der Waals surface area contributed by atoms with Gasteiger partial charge in [0.1, 0.15) is 0 Å². The Morgan fingerprint density at radius 1 is 1.22 bits per heavy atom. The van der Waals surface area contributed by atoms with E-state index in [1.54, 1.807) is 7.11 Å². The topological polar surface area (TPSA) is 54.1 Å². The second-order valence-corrected chi connectivity index (χ2v) is 7.59. The summed E-state index contributed by atoms with van der Waals surface area (Å²) in [6.45, 7) is 3.38. The highest BCUT2D eigenvalue weighted by atomic mass is 16.5. The number of aromatic nitrogens is 1. The number of amides is 1. The molecule has 4 heteroatoms. The maximum Gasteiger partial charge on any atom is 0.253 e. The number of carbonyl (C=O) groups excluding carboxylic acids is 1. The highest BCUT2D eigenvalue weighted by Crippen LogP contribution is 2.32. The van der Waals surface area contributed by atoms with Crippen LogP contribution >= 0.6 is 0 Å². The molecule has 1 aliphatic rings. The van der Waals surface area contributed by atoms with Crippen LogP contribution in [0.25, 0.3) is 10.9 Å². The number of hydrogen-bond acceptors (Lipinski definition) is 2. The number of benzene rings is 2. The van der Waals surface area contributed by atoms with Gasteiger partial charge in [-0.3, -0.25) is 4.79 Å². The molecule has 0 radical (unpaired) electrons. The largest absolute Gasteiger partial charge is 0.380 e. The number of carbonyl (C=O) groups is 1. The number of H-pyrrole nitrogens is 1. The first-order valence-electron chi connectivity index (χ1n) is 9.63. The van der Waals surface area contributed by atoms with Crippen LogP contribution in [0, 0.1) is 5.92 Å². The van der Waals surface area contributed by atoms with E-state index in [9.17, 15) is 4.79 Å². The third-order valence-electron chi connectivity index (χ3n) is 5.47. The lowest BCUT2D eigenvalue weighted by atomic mass is 9.87. The number of para-hydroxylation sites is 1. The van der Waals surface area contributed by atoms with E-state index in [2.05, 4.69) is 29.4 Å². The predicted molar refractivity (Wildman–Crippen MR) is 108 cm³/mol. The minimum absolute atomic E-state index is 0.0376. The summed E-state index contributed by atoms with van der Waals surface area (Å²) in [6, 6.07) is 14.1. The standard InChI is InChI=1S/C23H26N2O2/c1-15-9-10-21-20(11-15)18-7-4-8-19(22(18)25-21)23(26)24-13-16-5-3-6-17(12-16)14-27-2/h3-8,12,15,25H,9-11,13-14H2,1-2H3,(H,24,26). The third kappa shape index (κ3) is 3.62. The van der Waals surface area contributed by atoms with Crippen LogP contribution in [0.1, 0.15) is 46.1 Å².